The summed E-state index contributed by atoms with van der Waals surface area (Å²) < 4.78 is 1.83. The number of pyridine rings is 1. The lowest BCUT2D eigenvalue weighted by atomic mass is 10.0. The quantitative estimate of drug-likeness (QED) is 0.850. The van der Waals surface area contributed by atoms with E-state index >= 15 is 0 Å². The van der Waals surface area contributed by atoms with Crippen LogP contribution in [0.15, 0.2) is 36.8 Å². The molecule has 2 aromatic heterocycles. The van der Waals surface area contributed by atoms with Crippen LogP contribution in [0.4, 0.5) is 0 Å². The van der Waals surface area contributed by atoms with Crippen LogP contribution < -0.4 is 5.32 Å². The van der Waals surface area contributed by atoms with Crippen LogP contribution in [0.25, 0.3) is 0 Å². The SMILES string of the molecule is CCNC(Cc1ccn(C)n1)c1cccnc1. The molecule has 2 heterocycles. The molecule has 0 saturated heterocycles. The second-order valence-electron chi connectivity index (χ2n) is 4.08. The molecule has 0 aliphatic rings. The van der Waals surface area contributed by atoms with Crippen molar-refractivity contribution in [3.63, 3.8) is 0 Å². The highest BCUT2D eigenvalue weighted by Crippen LogP contribution is 2.16. The molecule has 0 fully saturated rings. The summed E-state index contributed by atoms with van der Waals surface area (Å²) in [4.78, 5) is 4.17. The number of rotatable bonds is 5. The van der Waals surface area contributed by atoms with Crippen LogP contribution in [0.1, 0.15) is 24.2 Å². The van der Waals surface area contributed by atoms with Gasteiger partial charge in [0.25, 0.3) is 0 Å². The van der Waals surface area contributed by atoms with Crippen LogP contribution in [0.3, 0.4) is 0 Å². The van der Waals surface area contributed by atoms with E-state index in [2.05, 4.69) is 34.5 Å². The van der Waals surface area contributed by atoms with Gasteiger partial charge in [0, 0.05) is 38.1 Å². The first-order valence-corrected chi connectivity index (χ1v) is 5.91. The predicted octanol–water partition coefficient (Wildman–Crippen LogP) is 1.71. The number of nitrogens with one attached hydrogen (secondary N) is 1. The maximum absolute atomic E-state index is 4.41. The maximum Gasteiger partial charge on any atom is 0.0643 e. The van der Waals surface area contributed by atoms with Gasteiger partial charge in [0.05, 0.1) is 5.69 Å². The van der Waals surface area contributed by atoms with Gasteiger partial charge in [-0.3, -0.25) is 9.67 Å². The van der Waals surface area contributed by atoms with Crippen molar-refractivity contribution in [2.45, 2.75) is 19.4 Å². The highest BCUT2D eigenvalue weighted by Gasteiger charge is 2.12. The lowest BCUT2D eigenvalue weighted by Crippen LogP contribution is -2.23. The molecule has 0 aromatic carbocycles. The molecule has 1 N–H and O–H groups in total. The fraction of sp³-hybridized carbons (Fsp3) is 0.385. The van der Waals surface area contributed by atoms with Crippen molar-refractivity contribution < 1.29 is 0 Å². The van der Waals surface area contributed by atoms with Crippen LogP contribution in [0.2, 0.25) is 0 Å². The van der Waals surface area contributed by atoms with E-state index in [9.17, 15) is 0 Å². The van der Waals surface area contributed by atoms with E-state index in [1.54, 1.807) is 6.20 Å². The maximum atomic E-state index is 4.41. The minimum atomic E-state index is 0.281. The molecular formula is C13H18N4. The monoisotopic (exact) mass is 230 g/mol. The van der Waals surface area contributed by atoms with Gasteiger partial charge in [0.1, 0.15) is 0 Å². The zero-order valence-electron chi connectivity index (χ0n) is 10.3. The lowest BCUT2D eigenvalue weighted by Gasteiger charge is -2.16. The van der Waals surface area contributed by atoms with E-state index in [0.29, 0.717) is 0 Å². The molecule has 0 aliphatic heterocycles. The summed E-state index contributed by atoms with van der Waals surface area (Å²) in [6.45, 7) is 3.05. The van der Waals surface area contributed by atoms with E-state index < -0.39 is 0 Å². The van der Waals surface area contributed by atoms with Gasteiger partial charge in [0.2, 0.25) is 0 Å². The molecule has 2 aromatic rings. The van der Waals surface area contributed by atoms with Crippen LogP contribution in [-0.4, -0.2) is 21.3 Å². The van der Waals surface area contributed by atoms with Crippen molar-refractivity contribution in [2.75, 3.05) is 6.54 Å². The zero-order valence-corrected chi connectivity index (χ0v) is 10.3. The van der Waals surface area contributed by atoms with Crippen LogP contribution >= 0.6 is 0 Å². The van der Waals surface area contributed by atoms with Gasteiger partial charge < -0.3 is 5.32 Å². The molecule has 4 nitrogen and oxygen atoms in total. The van der Waals surface area contributed by atoms with Crippen LogP contribution in [0, 0.1) is 0 Å². The minimum Gasteiger partial charge on any atom is -0.310 e. The van der Waals surface area contributed by atoms with Gasteiger partial charge in [-0.25, -0.2) is 0 Å². The van der Waals surface area contributed by atoms with E-state index in [-0.39, 0.29) is 6.04 Å². The Morgan fingerprint density at radius 3 is 2.88 bits per heavy atom. The third-order valence-corrected chi connectivity index (χ3v) is 2.72. The number of aromatic nitrogens is 3. The van der Waals surface area contributed by atoms with Crippen LogP contribution in [0.5, 0.6) is 0 Å². The number of likely N-dealkylation sites (N-methyl/N-ethyl adjacent to an activating group) is 1. The van der Waals surface area contributed by atoms with Crippen molar-refractivity contribution >= 4 is 0 Å². The first kappa shape index (κ1) is 11.8. The fourth-order valence-electron chi connectivity index (χ4n) is 1.92. The molecule has 2 rings (SSSR count). The molecule has 0 spiro atoms. The molecule has 1 atom stereocenters. The van der Waals surface area contributed by atoms with Crippen molar-refractivity contribution in [2.24, 2.45) is 7.05 Å². The average Bonchev–Trinajstić information content (AvgIpc) is 2.75. The molecule has 17 heavy (non-hydrogen) atoms. The van der Waals surface area contributed by atoms with E-state index in [1.807, 2.05) is 30.2 Å². The normalized spacial score (nSPS) is 12.6. The predicted molar refractivity (Wildman–Crippen MR) is 67.6 cm³/mol. The Morgan fingerprint density at radius 2 is 2.29 bits per heavy atom. The molecule has 90 valence electrons. The Bertz CT molecular complexity index is 449. The summed E-state index contributed by atoms with van der Waals surface area (Å²) >= 11 is 0. The van der Waals surface area contributed by atoms with Crippen molar-refractivity contribution in [1.82, 2.24) is 20.1 Å². The van der Waals surface area contributed by atoms with Gasteiger partial charge in [-0.1, -0.05) is 13.0 Å². The number of hydrogen-bond acceptors (Lipinski definition) is 3. The van der Waals surface area contributed by atoms with E-state index in [0.717, 1.165) is 18.7 Å². The molecule has 0 saturated carbocycles. The Balaban J connectivity index is 2.13. The lowest BCUT2D eigenvalue weighted by molar-refractivity contribution is 0.538. The van der Waals surface area contributed by atoms with Crippen LogP contribution in [-0.2, 0) is 13.5 Å². The molecular weight excluding hydrogens is 212 g/mol. The van der Waals surface area contributed by atoms with Crippen molar-refractivity contribution in [1.29, 1.82) is 0 Å². The third-order valence-electron chi connectivity index (χ3n) is 2.72. The summed E-state index contributed by atoms with van der Waals surface area (Å²) in [5, 5.41) is 7.88. The summed E-state index contributed by atoms with van der Waals surface area (Å²) in [5.41, 5.74) is 2.31. The highest BCUT2D eigenvalue weighted by atomic mass is 15.2. The average molecular weight is 230 g/mol. The standard InChI is InChI=1S/C13H18N4/c1-3-15-13(11-5-4-7-14-10-11)9-12-6-8-17(2)16-12/h4-8,10,13,15H,3,9H2,1-2H3. The number of nitrogens with zero attached hydrogens (tertiary/aromatic N) is 3. The summed E-state index contributed by atoms with van der Waals surface area (Å²) in [6, 6.07) is 6.41. The topological polar surface area (TPSA) is 42.7 Å². The van der Waals surface area contributed by atoms with Crippen molar-refractivity contribution in [3.05, 3.63) is 48.0 Å². The largest absolute Gasteiger partial charge is 0.310 e. The van der Waals surface area contributed by atoms with Crippen molar-refractivity contribution in [3.8, 4) is 0 Å². The first-order chi connectivity index (χ1) is 8.29. The zero-order chi connectivity index (χ0) is 12.1. The summed E-state index contributed by atoms with van der Waals surface area (Å²) in [6.07, 6.45) is 6.57. The Morgan fingerprint density at radius 1 is 1.41 bits per heavy atom. The van der Waals surface area contributed by atoms with Gasteiger partial charge in [0.15, 0.2) is 0 Å². The third kappa shape index (κ3) is 3.14. The second-order valence-corrected chi connectivity index (χ2v) is 4.08. The molecule has 0 amide bonds. The summed E-state index contributed by atoms with van der Waals surface area (Å²) in [5.74, 6) is 0. The van der Waals surface area contributed by atoms with E-state index in [1.165, 1.54) is 5.56 Å². The van der Waals surface area contributed by atoms with Gasteiger partial charge in [-0.05, 0) is 24.2 Å². The molecule has 1 unspecified atom stereocenters. The minimum absolute atomic E-state index is 0.281. The van der Waals surface area contributed by atoms with Gasteiger partial charge >= 0.3 is 0 Å². The Labute approximate surface area is 102 Å². The van der Waals surface area contributed by atoms with Gasteiger partial charge in [-0.15, -0.1) is 0 Å². The molecule has 0 radical (unpaired) electrons. The second kappa shape index (κ2) is 5.59. The Hall–Kier alpha value is -1.68. The summed E-state index contributed by atoms with van der Waals surface area (Å²) in [7, 11) is 1.94. The molecule has 0 bridgehead atoms. The smallest absolute Gasteiger partial charge is 0.0643 e. The first-order valence-electron chi connectivity index (χ1n) is 5.91. The van der Waals surface area contributed by atoms with E-state index in [4.69, 9.17) is 0 Å². The molecule has 0 aliphatic carbocycles. The molecule has 4 heteroatoms. The van der Waals surface area contributed by atoms with Gasteiger partial charge in [-0.2, -0.15) is 5.10 Å². The number of hydrogen-bond donors (Lipinski definition) is 1. The highest BCUT2D eigenvalue weighted by molar-refractivity contribution is 5.16. The number of aryl methyl sites for hydroxylation is 1. The fourth-order valence-corrected chi connectivity index (χ4v) is 1.92. The Kier molecular flexibility index (Phi) is 3.88.